The Morgan fingerprint density at radius 2 is 1.88 bits per heavy atom. The summed E-state index contributed by atoms with van der Waals surface area (Å²) in [4.78, 5) is 19.6. The Balaban J connectivity index is 1.79. The van der Waals surface area contributed by atoms with Crippen molar-refractivity contribution in [2.24, 2.45) is 5.41 Å². The van der Waals surface area contributed by atoms with E-state index in [-0.39, 0.29) is 5.97 Å². The van der Waals surface area contributed by atoms with Gasteiger partial charge in [0.2, 0.25) is 0 Å². The molecule has 1 atom stereocenters. The molecule has 4 nitrogen and oxygen atoms in total. The van der Waals surface area contributed by atoms with Crippen LogP contribution in [0.2, 0.25) is 0 Å². The minimum atomic E-state index is -0.416. The van der Waals surface area contributed by atoms with Gasteiger partial charge in [0.15, 0.2) is 0 Å². The average molecular weight is 240 g/mol. The van der Waals surface area contributed by atoms with Crippen LogP contribution in [-0.2, 0) is 9.63 Å². The van der Waals surface area contributed by atoms with Gasteiger partial charge in [-0.1, -0.05) is 0 Å². The molecule has 4 heteroatoms. The molecule has 98 valence electrons. The van der Waals surface area contributed by atoms with E-state index in [1.54, 1.807) is 0 Å². The molecule has 1 aliphatic heterocycles. The minimum Gasteiger partial charge on any atom is -0.367 e. The lowest BCUT2D eigenvalue weighted by Gasteiger charge is -2.25. The van der Waals surface area contributed by atoms with Crippen LogP contribution in [0.4, 0.5) is 0 Å². The van der Waals surface area contributed by atoms with Crippen molar-refractivity contribution in [1.82, 2.24) is 9.96 Å². The van der Waals surface area contributed by atoms with E-state index in [1.807, 2.05) is 25.8 Å². The molecule has 2 rings (SSSR count). The first-order valence-corrected chi connectivity index (χ1v) is 6.57. The van der Waals surface area contributed by atoms with Crippen LogP contribution in [0, 0.1) is 5.41 Å². The molecule has 0 N–H and O–H groups in total. The smallest absolute Gasteiger partial charge is 0.330 e. The fraction of sp³-hybridized carbons (Fsp3) is 0.923. The second-order valence-corrected chi connectivity index (χ2v) is 6.36. The maximum absolute atomic E-state index is 11.8. The molecule has 17 heavy (non-hydrogen) atoms. The van der Waals surface area contributed by atoms with E-state index in [0.717, 1.165) is 25.6 Å². The number of hydrogen-bond acceptors (Lipinski definition) is 4. The van der Waals surface area contributed by atoms with Crippen LogP contribution in [0.25, 0.3) is 0 Å². The third-order valence-electron chi connectivity index (χ3n) is 3.65. The summed E-state index contributed by atoms with van der Waals surface area (Å²) in [5, 5.41) is 1.83. The van der Waals surface area contributed by atoms with E-state index in [4.69, 9.17) is 4.84 Å². The molecule has 0 aromatic heterocycles. The Hall–Kier alpha value is -0.610. The van der Waals surface area contributed by atoms with E-state index in [9.17, 15) is 4.79 Å². The van der Waals surface area contributed by atoms with Crippen molar-refractivity contribution in [1.29, 1.82) is 0 Å². The standard InChI is InChI=1S/C13H24N2O2/c1-13(2,3)12(16)17-15-8-7-11(9-15)14(4)10-5-6-10/h10-11H,5-9H2,1-4H3. The van der Waals surface area contributed by atoms with Gasteiger partial charge in [-0.3, -0.25) is 4.90 Å². The summed E-state index contributed by atoms with van der Waals surface area (Å²) < 4.78 is 0. The number of hydrogen-bond donors (Lipinski definition) is 0. The molecular weight excluding hydrogens is 216 g/mol. The minimum absolute atomic E-state index is 0.132. The van der Waals surface area contributed by atoms with Crippen molar-refractivity contribution in [3.63, 3.8) is 0 Å². The zero-order valence-electron chi connectivity index (χ0n) is 11.4. The number of likely N-dealkylation sites (N-methyl/N-ethyl adjacent to an activating group) is 1. The van der Waals surface area contributed by atoms with Crippen molar-refractivity contribution < 1.29 is 9.63 Å². The van der Waals surface area contributed by atoms with Crippen molar-refractivity contribution in [3.8, 4) is 0 Å². The molecule has 2 fully saturated rings. The Morgan fingerprint density at radius 3 is 2.41 bits per heavy atom. The van der Waals surface area contributed by atoms with Crippen molar-refractivity contribution in [2.45, 2.75) is 52.1 Å². The molecule has 0 aromatic rings. The molecule has 1 saturated carbocycles. The van der Waals surface area contributed by atoms with E-state index < -0.39 is 5.41 Å². The highest BCUT2D eigenvalue weighted by Gasteiger charge is 2.36. The molecule has 1 saturated heterocycles. The summed E-state index contributed by atoms with van der Waals surface area (Å²) >= 11 is 0. The number of carbonyl (C=O) groups excluding carboxylic acids is 1. The van der Waals surface area contributed by atoms with Crippen LogP contribution in [-0.4, -0.2) is 48.2 Å². The van der Waals surface area contributed by atoms with Crippen LogP contribution in [0.3, 0.4) is 0 Å². The summed E-state index contributed by atoms with van der Waals surface area (Å²) in [6.07, 6.45) is 3.76. The van der Waals surface area contributed by atoms with E-state index in [2.05, 4.69) is 11.9 Å². The van der Waals surface area contributed by atoms with Gasteiger partial charge in [-0.15, -0.1) is 5.06 Å². The topological polar surface area (TPSA) is 32.8 Å². The molecule has 0 radical (unpaired) electrons. The summed E-state index contributed by atoms with van der Waals surface area (Å²) in [5.74, 6) is -0.132. The summed E-state index contributed by atoms with van der Waals surface area (Å²) in [5.41, 5.74) is -0.416. The van der Waals surface area contributed by atoms with E-state index in [1.165, 1.54) is 12.8 Å². The zero-order chi connectivity index (χ0) is 12.6. The SMILES string of the molecule is CN(C1CC1)C1CCN(OC(=O)C(C)(C)C)C1. The lowest BCUT2D eigenvalue weighted by Crippen LogP contribution is -2.37. The molecule has 1 aliphatic carbocycles. The first kappa shape index (κ1) is 12.8. The van der Waals surface area contributed by atoms with Crippen molar-refractivity contribution in [2.75, 3.05) is 20.1 Å². The van der Waals surface area contributed by atoms with Crippen molar-refractivity contribution in [3.05, 3.63) is 0 Å². The Labute approximate surface area is 104 Å². The predicted molar refractivity (Wildman–Crippen MR) is 66.3 cm³/mol. The predicted octanol–water partition coefficient (Wildman–Crippen LogP) is 1.66. The summed E-state index contributed by atoms with van der Waals surface area (Å²) in [6, 6.07) is 1.33. The quantitative estimate of drug-likeness (QED) is 0.751. The molecule has 0 spiro atoms. The van der Waals surface area contributed by atoms with Gasteiger partial charge in [-0.2, -0.15) is 0 Å². The highest BCUT2D eigenvalue weighted by molar-refractivity contribution is 5.75. The molecular formula is C13H24N2O2. The second kappa shape index (κ2) is 4.58. The number of carbonyl (C=O) groups is 1. The maximum Gasteiger partial charge on any atom is 0.330 e. The van der Waals surface area contributed by atoms with Gasteiger partial charge in [0.25, 0.3) is 0 Å². The van der Waals surface area contributed by atoms with E-state index >= 15 is 0 Å². The van der Waals surface area contributed by atoms with Crippen LogP contribution < -0.4 is 0 Å². The maximum atomic E-state index is 11.8. The normalized spacial score (nSPS) is 26.5. The zero-order valence-corrected chi connectivity index (χ0v) is 11.4. The van der Waals surface area contributed by atoms with Gasteiger partial charge in [-0.05, 0) is 47.1 Å². The van der Waals surface area contributed by atoms with E-state index in [0.29, 0.717) is 6.04 Å². The Morgan fingerprint density at radius 1 is 1.24 bits per heavy atom. The second-order valence-electron chi connectivity index (χ2n) is 6.36. The highest BCUT2D eigenvalue weighted by Crippen LogP contribution is 2.30. The molecule has 0 bridgehead atoms. The van der Waals surface area contributed by atoms with Crippen LogP contribution in [0.1, 0.15) is 40.0 Å². The van der Waals surface area contributed by atoms with Gasteiger partial charge < -0.3 is 4.84 Å². The Bertz CT molecular complexity index is 294. The fourth-order valence-corrected chi connectivity index (χ4v) is 2.16. The van der Waals surface area contributed by atoms with Gasteiger partial charge in [0, 0.05) is 18.6 Å². The monoisotopic (exact) mass is 240 g/mol. The van der Waals surface area contributed by atoms with Gasteiger partial charge in [-0.25, -0.2) is 4.79 Å². The van der Waals surface area contributed by atoms with Gasteiger partial charge >= 0.3 is 5.97 Å². The lowest BCUT2D eigenvalue weighted by atomic mass is 9.98. The number of rotatable bonds is 3. The van der Waals surface area contributed by atoms with Crippen LogP contribution in [0.15, 0.2) is 0 Å². The number of nitrogens with zero attached hydrogens (tertiary/aromatic N) is 2. The number of hydroxylamine groups is 2. The third kappa shape index (κ3) is 3.19. The van der Waals surface area contributed by atoms with Gasteiger partial charge in [0.1, 0.15) is 0 Å². The van der Waals surface area contributed by atoms with Crippen LogP contribution in [0.5, 0.6) is 0 Å². The largest absolute Gasteiger partial charge is 0.367 e. The van der Waals surface area contributed by atoms with Crippen molar-refractivity contribution >= 4 is 5.97 Å². The lowest BCUT2D eigenvalue weighted by molar-refractivity contribution is -0.196. The Kier molecular flexibility index (Phi) is 3.46. The molecule has 1 unspecified atom stereocenters. The first-order valence-electron chi connectivity index (χ1n) is 6.57. The summed E-state index contributed by atoms with van der Waals surface area (Å²) in [7, 11) is 2.19. The van der Waals surface area contributed by atoms with Gasteiger partial charge in [0.05, 0.1) is 12.0 Å². The third-order valence-corrected chi connectivity index (χ3v) is 3.65. The molecule has 2 aliphatic rings. The molecule has 0 amide bonds. The fourth-order valence-electron chi connectivity index (χ4n) is 2.16. The van der Waals surface area contributed by atoms with Crippen LogP contribution >= 0.6 is 0 Å². The highest BCUT2D eigenvalue weighted by atomic mass is 16.7. The molecule has 0 aromatic carbocycles. The first-order chi connectivity index (χ1) is 7.88. The molecule has 1 heterocycles. The average Bonchev–Trinajstić information content (AvgIpc) is 2.97. The summed E-state index contributed by atoms with van der Waals surface area (Å²) in [6.45, 7) is 7.38.